The van der Waals surface area contributed by atoms with E-state index in [1.165, 1.54) is 6.92 Å². The Labute approximate surface area is 152 Å². The zero-order valence-corrected chi connectivity index (χ0v) is 14.7. The molecule has 132 valence electrons. The van der Waals surface area contributed by atoms with Crippen molar-refractivity contribution in [2.45, 2.75) is 19.9 Å². The summed E-state index contributed by atoms with van der Waals surface area (Å²) in [7, 11) is 0. The Balaban J connectivity index is 1.71. The topological polar surface area (TPSA) is 70.2 Å². The van der Waals surface area contributed by atoms with Gasteiger partial charge in [-0.2, -0.15) is 0 Å². The lowest BCUT2D eigenvalue weighted by molar-refractivity contribution is -0.116. The lowest BCUT2D eigenvalue weighted by Crippen LogP contribution is -2.31. The van der Waals surface area contributed by atoms with Gasteiger partial charge in [-0.05, 0) is 36.6 Å². The van der Waals surface area contributed by atoms with Crippen molar-refractivity contribution in [3.05, 3.63) is 66.7 Å². The van der Waals surface area contributed by atoms with Gasteiger partial charge in [0, 0.05) is 29.4 Å². The molecule has 1 atom stereocenters. The van der Waals surface area contributed by atoms with Gasteiger partial charge in [0.1, 0.15) is 6.04 Å². The predicted octanol–water partition coefficient (Wildman–Crippen LogP) is 4.24. The predicted molar refractivity (Wildman–Crippen MR) is 106 cm³/mol. The van der Waals surface area contributed by atoms with Gasteiger partial charge in [0.15, 0.2) is 0 Å². The van der Waals surface area contributed by atoms with Crippen LogP contribution in [0.4, 0.5) is 17.1 Å². The van der Waals surface area contributed by atoms with E-state index < -0.39 is 6.04 Å². The van der Waals surface area contributed by atoms with Crippen LogP contribution in [0.15, 0.2) is 66.7 Å². The molecule has 0 aromatic heterocycles. The highest BCUT2D eigenvalue weighted by atomic mass is 16.2. The number of rotatable bonds is 5. The standard InChI is InChI=1S/C21H21N3O2/c1-14(22-17-9-6-10-18(13-17)23-15(2)25)21(26)24-20-12-5-8-16-7-3-4-11-19(16)20/h3-14,22H,1-2H3,(H,23,25)(H,24,26)/t14-/m1/s1. The van der Waals surface area contributed by atoms with Crippen molar-refractivity contribution < 1.29 is 9.59 Å². The van der Waals surface area contributed by atoms with E-state index in [0.29, 0.717) is 5.69 Å². The van der Waals surface area contributed by atoms with Crippen molar-refractivity contribution in [2.75, 3.05) is 16.0 Å². The molecule has 2 amide bonds. The van der Waals surface area contributed by atoms with E-state index in [4.69, 9.17) is 0 Å². The molecule has 0 aliphatic carbocycles. The third kappa shape index (κ3) is 4.19. The number of benzene rings is 3. The molecule has 0 aliphatic rings. The normalized spacial score (nSPS) is 11.6. The lowest BCUT2D eigenvalue weighted by atomic mass is 10.1. The third-order valence-electron chi connectivity index (χ3n) is 4.01. The molecule has 0 saturated heterocycles. The van der Waals surface area contributed by atoms with E-state index in [1.54, 1.807) is 19.1 Å². The average molecular weight is 347 g/mol. The summed E-state index contributed by atoms with van der Waals surface area (Å²) in [5.41, 5.74) is 2.23. The fourth-order valence-corrected chi connectivity index (χ4v) is 2.78. The van der Waals surface area contributed by atoms with Gasteiger partial charge in [-0.3, -0.25) is 9.59 Å². The Hall–Kier alpha value is -3.34. The van der Waals surface area contributed by atoms with Crippen molar-refractivity contribution in [2.24, 2.45) is 0 Å². The molecule has 26 heavy (non-hydrogen) atoms. The molecule has 0 aliphatic heterocycles. The molecule has 3 aromatic carbocycles. The highest BCUT2D eigenvalue weighted by molar-refractivity contribution is 6.04. The second-order valence-electron chi connectivity index (χ2n) is 6.14. The van der Waals surface area contributed by atoms with Gasteiger partial charge < -0.3 is 16.0 Å². The average Bonchev–Trinajstić information content (AvgIpc) is 2.61. The number of anilines is 3. The molecule has 3 rings (SSSR count). The summed E-state index contributed by atoms with van der Waals surface area (Å²) < 4.78 is 0. The van der Waals surface area contributed by atoms with Gasteiger partial charge in [0.05, 0.1) is 0 Å². The van der Waals surface area contributed by atoms with Crippen LogP contribution >= 0.6 is 0 Å². The van der Waals surface area contributed by atoms with Crippen LogP contribution in [0.25, 0.3) is 10.8 Å². The van der Waals surface area contributed by atoms with Gasteiger partial charge in [-0.25, -0.2) is 0 Å². The number of nitrogens with one attached hydrogen (secondary N) is 3. The molecule has 0 saturated carbocycles. The summed E-state index contributed by atoms with van der Waals surface area (Å²) in [6.07, 6.45) is 0. The highest BCUT2D eigenvalue weighted by Crippen LogP contribution is 2.23. The van der Waals surface area contributed by atoms with Crippen molar-refractivity contribution in [1.29, 1.82) is 0 Å². The molecule has 0 fully saturated rings. The van der Waals surface area contributed by atoms with Crippen molar-refractivity contribution in [3.8, 4) is 0 Å². The van der Waals surface area contributed by atoms with Crippen LogP contribution < -0.4 is 16.0 Å². The fraction of sp³-hybridized carbons (Fsp3) is 0.143. The number of hydrogen-bond donors (Lipinski definition) is 3. The van der Waals surface area contributed by atoms with Crippen molar-refractivity contribution >= 4 is 39.6 Å². The van der Waals surface area contributed by atoms with Crippen LogP contribution in [-0.2, 0) is 9.59 Å². The molecular weight excluding hydrogens is 326 g/mol. The summed E-state index contributed by atoms with van der Waals surface area (Å²) in [6, 6.07) is 20.6. The maximum absolute atomic E-state index is 12.6. The summed E-state index contributed by atoms with van der Waals surface area (Å²) in [5.74, 6) is -0.268. The Kier molecular flexibility index (Phi) is 5.17. The van der Waals surface area contributed by atoms with Crippen LogP contribution in [0.3, 0.4) is 0 Å². The van der Waals surface area contributed by atoms with Crippen LogP contribution in [0, 0.1) is 0 Å². The first kappa shape index (κ1) is 17.5. The molecule has 0 spiro atoms. The first-order valence-corrected chi connectivity index (χ1v) is 8.46. The van der Waals surface area contributed by atoms with Crippen LogP contribution in [0.5, 0.6) is 0 Å². The smallest absolute Gasteiger partial charge is 0.246 e. The van der Waals surface area contributed by atoms with Gasteiger partial charge in [-0.1, -0.05) is 42.5 Å². The summed E-state index contributed by atoms with van der Waals surface area (Å²) in [5, 5.41) is 10.9. The SMILES string of the molecule is CC(=O)Nc1cccc(N[C@H](C)C(=O)Nc2cccc3ccccc23)c1. The quantitative estimate of drug-likeness (QED) is 0.646. The molecule has 0 radical (unpaired) electrons. The fourth-order valence-electron chi connectivity index (χ4n) is 2.78. The van der Waals surface area contributed by atoms with Crippen molar-refractivity contribution in [1.82, 2.24) is 0 Å². The zero-order chi connectivity index (χ0) is 18.5. The summed E-state index contributed by atoms with van der Waals surface area (Å²) in [4.78, 5) is 23.7. The van der Waals surface area contributed by atoms with E-state index in [0.717, 1.165) is 22.1 Å². The molecule has 0 heterocycles. The summed E-state index contributed by atoms with van der Waals surface area (Å²) in [6.45, 7) is 3.26. The van der Waals surface area contributed by atoms with E-state index in [2.05, 4.69) is 16.0 Å². The minimum atomic E-state index is -0.443. The van der Waals surface area contributed by atoms with E-state index in [-0.39, 0.29) is 11.8 Å². The van der Waals surface area contributed by atoms with Crippen LogP contribution in [-0.4, -0.2) is 17.9 Å². The zero-order valence-electron chi connectivity index (χ0n) is 14.7. The minimum absolute atomic E-state index is 0.133. The Morgan fingerprint density at radius 3 is 2.35 bits per heavy atom. The monoisotopic (exact) mass is 347 g/mol. The van der Waals surface area contributed by atoms with Gasteiger partial charge in [-0.15, -0.1) is 0 Å². The summed E-state index contributed by atoms with van der Waals surface area (Å²) >= 11 is 0. The molecule has 0 bridgehead atoms. The van der Waals surface area contributed by atoms with Crippen molar-refractivity contribution in [3.63, 3.8) is 0 Å². The van der Waals surface area contributed by atoms with Gasteiger partial charge >= 0.3 is 0 Å². The molecule has 3 aromatic rings. The molecule has 5 nitrogen and oxygen atoms in total. The van der Waals surface area contributed by atoms with E-state index >= 15 is 0 Å². The number of carbonyl (C=O) groups excluding carboxylic acids is 2. The minimum Gasteiger partial charge on any atom is -0.374 e. The molecular formula is C21H21N3O2. The molecule has 5 heteroatoms. The van der Waals surface area contributed by atoms with E-state index in [1.807, 2.05) is 54.6 Å². The first-order chi connectivity index (χ1) is 12.5. The number of carbonyl (C=O) groups is 2. The van der Waals surface area contributed by atoms with Gasteiger partial charge in [0.2, 0.25) is 11.8 Å². The maximum Gasteiger partial charge on any atom is 0.246 e. The molecule has 3 N–H and O–H groups in total. The Morgan fingerprint density at radius 1 is 0.846 bits per heavy atom. The van der Waals surface area contributed by atoms with Gasteiger partial charge in [0.25, 0.3) is 0 Å². The lowest BCUT2D eigenvalue weighted by Gasteiger charge is -2.17. The Bertz CT molecular complexity index is 947. The maximum atomic E-state index is 12.6. The Morgan fingerprint density at radius 2 is 1.54 bits per heavy atom. The third-order valence-corrected chi connectivity index (χ3v) is 4.01. The first-order valence-electron chi connectivity index (χ1n) is 8.46. The molecule has 0 unspecified atom stereocenters. The van der Waals surface area contributed by atoms with Crippen LogP contribution in [0.1, 0.15) is 13.8 Å². The second-order valence-corrected chi connectivity index (χ2v) is 6.14. The number of fused-ring (bicyclic) bond motifs is 1. The largest absolute Gasteiger partial charge is 0.374 e. The number of hydrogen-bond acceptors (Lipinski definition) is 3. The second kappa shape index (κ2) is 7.70. The van der Waals surface area contributed by atoms with Crippen LogP contribution in [0.2, 0.25) is 0 Å². The van der Waals surface area contributed by atoms with E-state index in [9.17, 15) is 9.59 Å². The number of amides is 2. The highest BCUT2D eigenvalue weighted by Gasteiger charge is 2.14.